The van der Waals surface area contributed by atoms with E-state index in [1.807, 2.05) is 6.07 Å². The number of rotatable bonds is 5. The smallest absolute Gasteiger partial charge is 0.234 e. The molecule has 19 heavy (non-hydrogen) atoms. The highest BCUT2D eigenvalue weighted by Gasteiger charge is 2.26. The van der Waals surface area contributed by atoms with Crippen molar-refractivity contribution in [2.24, 2.45) is 0 Å². The Morgan fingerprint density at radius 3 is 3.21 bits per heavy atom. The van der Waals surface area contributed by atoms with Crippen molar-refractivity contribution in [1.82, 2.24) is 10.2 Å². The van der Waals surface area contributed by atoms with Crippen molar-refractivity contribution in [3.63, 3.8) is 0 Å². The number of carbonyl (C=O) groups excluding carboxylic acids is 1. The normalized spacial score (nSPS) is 22.1. The third-order valence-electron chi connectivity index (χ3n) is 3.20. The molecule has 6 heteroatoms. The molecule has 1 fully saturated rings. The molecule has 0 aromatic carbocycles. The highest BCUT2D eigenvalue weighted by Crippen LogP contribution is 2.26. The minimum atomic E-state index is -0.121. The van der Waals surface area contributed by atoms with Gasteiger partial charge >= 0.3 is 0 Å². The number of hydrogen-bond donors (Lipinski definition) is 1. The zero-order valence-corrected chi connectivity index (χ0v) is 12.5. The molecule has 2 rings (SSSR count). The number of thiophene rings is 1. The molecule has 1 N–H and O–H groups in total. The van der Waals surface area contributed by atoms with Crippen LogP contribution < -0.4 is 5.32 Å². The Labute approximate surface area is 122 Å². The lowest BCUT2D eigenvalue weighted by Gasteiger charge is -2.36. The molecule has 1 aromatic heterocycles. The fraction of sp³-hybridized carbons (Fsp3) is 0.615. The molecule has 106 valence electrons. The van der Waals surface area contributed by atoms with Crippen LogP contribution in [0.1, 0.15) is 17.8 Å². The van der Waals surface area contributed by atoms with Crippen molar-refractivity contribution in [3.05, 3.63) is 22.4 Å². The zero-order valence-electron chi connectivity index (χ0n) is 11.0. The third-order valence-corrected chi connectivity index (χ3v) is 4.42. The summed E-state index contributed by atoms with van der Waals surface area (Å²) in [6.45, 7) is 5.20. The van der Waals surface area contributed by atoms with E-state index in [4.69, 9.17) is 16.3 Å². The number of ether oxygens (including phenoxy) is 1. The molecule has 2 unspecified atom stereocenters. The summed E-state index contributed by atoms with van der Waals surface area (Å²) in [5, 5.41) is 4.95. The largest absolute Gasteiger partial charge is 0.376 e. The highest BCUT2D eigenvalue weighted by atomic mass is 35.5. The van der Waals surface area contributed by atoms with Gasteiger partial charge in [-0.15, -0.1) is 22.9 Å². The summed E-state index contributed by atoms with van der Waals surface area (Å²) in [5.41, 5.74) is 0. The molecule has 4 nitrogen and oxygen atoms in total. The molecule has 0 saturated carbocycles. The number of nitrogens with one attached hydrogen (secondary N) is 1. The topological polar surface area (TPSA) is 41.6 Å². The average Bonchev–Trinajstić information content (AvgIpc) is 2.93. The first-order valence-electron chi connectivity index (χ1n) is 6.42. The van der Waals surface area contributed by atoms with E-state index in [-0.39, 0.29) is 23.9 Å². The van der Waals surface area contributed by atoms with Gasteiger partial charge in [-0.05, 0) is 18.4 Å². The molecule has 1 aliphatic rings. The molecule has 0 aliphatic carbocycles. The first-order valence-corrected chi connectivity index (χ1v) is 7.84. The van der Waals surface area contributed by atoms with Crippen LogP contribution in [-0.4, -0.2) is 49.0 Å². The SMILES string of the molecule is CC1CN(C(CNC(=O)CCl)c2cccs2)CCO1. The second-order valence-corrected chi connectivity index (χ2v) is 5.89. The Balaban J connectivity index is 2.03. The monoisotopic (exact) mass is 302 g/mol. The van der Waals surface area contributed by atoms with Crippen LogP contribution in [0.4, 0.5) is 0 Å². The minimum absolute atomic E-state index is 0.0106. The van der Waals surface area contributed by atoms with Gasteiger partial charge in [-0.1, -0.05) is 6.07 Å². The molecule has 1 amide bonds. The maximum Gasteiger partial charge on any atom is 0.234 e. The van der Waals surface area contributed by atoms with E-state index in [1.165, 1.54) is 4.88 Å². The quantitative estimate of drug-likeness (QED) is 0.844. The fourth-order valence-electron chi connectivity index (χ4n) is 2.28. The number of alkyl halides is 1. The summed E-state index contributed by atoms with van der Waals surface area (Å²) in [4.78, 5) is 15.0. The number of carbonyl (C=O) groups is 1. The second-order valence-electron chi connectivity index (χ2n) is 4.65. The van der Waals surface area contributed by atoms with Gasteiger partial charge in [0, 0.05) is 24.5 Å². The van der Waals surface area contributed by atoms with Crippen LogP contribution in [0.25, 0.3) is 0 Å². The van der Waals surface area contributed by atoms with Gasteiger partial charge in [-0.2, -0.15) is 0 Å². The van der Waals surface area contributed by atoms with E-state index in [9.17, 15) is 4.79 Å². The van der Waals surface area contributed by atoms with Crippen molar-refractivity contribution < 1.29 is 9.53 Å². The van der Waals surface area contributed by atoms with E-state index < -0.39 is 0 Å². The summed E-state index contributed by atoms with van der Waals surface area (Å²) in [6, 6.07) is 4.36. The predicted octanol–water partition coefficient (Wildman–Crippen LogP) is 1.86. The maximum absolute atomic E-state index is 11.4. The number of halogens is 1. The Bertz CT molecular complexity index is 399. The molecule has 0 spiro atoms. The summed E-state index contributed by atoms with van der Waals surface area (Å²) in [7, 11) is 0. The zero-order chi connectivity index (χ0) is 13.7. The molecule has 0 bridgehead atoms. The molecule has 1 aromatic rings. The Morgan fingerprint density at radius 2 is 2.58 bits per heavy atom. The lowest BCUT2D eigenvalue weighted by Crippen LogP contribution is -2.46. The summed E-state index contributed by atoms with van der Waals surface area (Å²) >= 11 is 7.24. The van der Waals surface area contributed by atoms with Gasteiger partial charge in [0.05, 0.1) is 18.8 Å². The highest BCUT2D eigenvalue weighted by molar-refractivity contribution is 7.10. The average molecular weight is 303 g/mol. The van der Waals surface area contributed by atoms with E-state index in [0.717, 1.165) is 19.7 Å². The van der Waals surface area contributed by atoms with Gasteiger partial charge in [0.15, 0.2) is 0 Å². The van der Waals surface area contributed by atoms with Gasteiger partial charge in [-0.25, -0.2) is 0 Å². The van der Waals surface area contributed by atoms with E-state index >= 15 is 0 Å². The van der Waals surface area contributed by atoms with Crippen LogP contribution in [0.5, 0.6) is 0 Å². The van der Waals surface area contributed by atoms with Crippen LogP contribution in [0.3, 0.4) is 0 Å². The number of nitrogens with zero attached hydrogens (tertiary/aromatic N) is 1. The predicted molar refractivity (Wildman–Crippen MR) is 77.8 cm³/mol. The van der Waals surface area contributed by atoms with Crippen molar-refractivity contribution in [1.29, 1.82) is 0 Å². The van der Waals surface area contributed by atoms with Crippen molar-refractivity contribution in [2.45, 2.75) is 19.1 Å². The molecule has 1 aliphatic heterocycles. The van der Waals surface area contributed by atoms with Crippen LogP contribution in [-0.2, 0) is 9.53 Å². The third kappa shape index (κ3) is 4.18. The molecular weight excluding hydrogens is 284 g/mol. The van der Waals surface area contributed by atoms with Gasteiger partial charge in [0.1, 0.15) is 5.88 Å². The van der Waals surface area contributed by atoms with Crippen LogP contribution in [0, 0.1) is 0 Å². The lowest BCUT2D eigenvalue weighted by atomic mass is 10.1. The van der Waals surface area contributed by atoms with Crippen molar-refractivity contribution in [3.8, 4) is 0 Å². The Hall–Kier alpha value is -0.620. The first-order chi connectivity index (χ1) is 9.20. The van der Waals surface area contributed by atoms with Crippen LogP contribution in [0.15, 0.2) is 17.5 Å². The second kappa shape index (κ2) is 7.24. The molecule has 0 radical (unpaired) electrons. The van der Waals surface area contributed by atoms with E-state index in [1.54, 1.807) is 11.3 Å². The van der Waals surface area contributed by atoms with Gasteiger partial charge in [-0.3, -0.25) is 9.69 Å². The molecular formula is C13H19ClN2O2S. The maximum atomic E-state index is 11.4. The van der Waals surface area contributed by atoms with Crippen molar-refractivity contribution in [2.75, 3.05) is 32.1 Å². The van der Waals surface area contributed by atoms with Gasteiger partial charge in [0.2, 0.25) is 5.91 Å². The first kappa shape index (κ1) is 14.8. The number of amides is 1. The Morgan fingerprint density at radius 1 is 1.74 bits per heavy atom. The Kier molecular flexibility index (Phi) is 5.63. The molecule has 1 saturated heterocycles. The summed E-state index contributed by atoms with van der Waals surface area (Å²) in [5.74, 6) is -0.110. The van der Waals surface area contributed by atoms with Gasteiger partial charge < -0.3 is 10.1 Å². The standard InChI is InChI=1S/C13H19ClN2O2S/c1-10-9-16(4-5-18-10)11(8-15-13(17)7-14)12-3-2-6-19-12/h2-3,6,10-11H,4-5,7-9H2,1H3,(H,15,17). The number of hydrogen-bond acceptors (Lipinski definition) is 4. The minimum Gasteiger partial charge on any atom is -0.376 e. The van der Waals surface area contributed by atoms with E-state index in [0.29, 0.717) is 6.54 Å². The summed E-state index contributed by atoms with van der Waals surface area (Å²) in [6.07, 6.45) is 0.236. The van der Waals surface area contributed by atoms with Gasteiger partial charge in [0.25, 0.3) is 0 Å². The lowest BCUT2D eigenvalue weighted by molar-refractivity contribution is -0.119. The van der Waals surface area contributed by atoms with E-state index in [2.05, 4.69) is 28.6 Å². The number of morpholine rings is 1. The van der Waals surface area contributed by atoms with Crippen molar-refractivity contribution >= 4 is 28.8 Å². The fourth-order valence-corrected chi connectivity index (χ4v) is 3.23. The molecule has 2 heterocycles. The van der Waals surface area contributed by atoms with Crippen LogP contribution >= 0.6 is 22.9 Å². The summed E-state index contributed by atoms with van der Waals surface area (Å²) < 4.78 is 5.58. The molecule has 2 atom stereocenters. The van der Waals surface area contributed by atoms with Crippen LogP contribution in [0.2, 0.25) is 0 Å².